The lowest BCUT2D eigenvalue weighted by molar-refractivity contribution is -0.332. The van der Waals surface area contributed by atoms with Crippen molar-refractivity contribution in [1.29, 1.82) is 0 Å². The van der Waals surface area contributed by atoms with Gasteiger partial charge in [0.25, 0.3) is 0 Å². The van der Waals surface area contributed by atoms with Gasteiger partial charge in [0.1, 0.15) is 5.76 Å². The molecule has 32 heavy (non-hydrogen) atoms. The van der Waals surface area contributed by atoms with Gasteiger partial charge in [-0.05, 0) is 80.2 Å². The smallest absolute Gasteiger partial charge is 0.314 e. The minimum Gasteiger partial charge on any atom is -0.469 e. The quantitative estimate of drug-likeness (QED) is 0.493. The predicted molar refractivity (Wildman–Crippen MR) is 118 cm³/mol. The van der Waals surface area contributed by atoms with Gasteiger partial charge >= 0.3 is 5.97 Å². The Morgan fingerprint density at radius 1 is 1.25 bits per heavy atom. The number of ether oxygens (including phenoxy) is 3. The van der Waals surface area contributed by atoms with Crippen molar-refractivity contribution in [1.82, 2.24) is 0 Å². The molecule has 2 heterocycles. The van der Waals surface area contributed by atoms with E-state index in [1.165, 1.54) is 12.7 Å². The van der Waals surface area contributed by atoms with Crippen LogP contribution in [0.25, 0.3) is 0 Å². The number of aliphatic hydroxyl groups is 1. The molecule has 0 radical (unpaired) electrons. The molecule has 1 aliphatic heterocycles. The van der Waals surface area contributed by atoms with Gasteiger partial charge in [0.05, 0.1) is 25.4 Å². The highest BCUT2D eigenvalue weighted by Crippen LogP contribution is 2.69. The Bertz CT molecular complexity index is 819. The van der Waals surface area contributed by atoms with E-state index in [9.17, 15) is 4.79 Å². The summed E-state index contributed by atoms with van der Waals surface area (Å²) in [6.07, 6.45) is 10.1. The van der Waals surface area contributed by atoms with Crippen LogP contribution >= 0.6 is 0 Å². The second kappa shape index (κ2) is 8.77. The molecule has 1 saturated heterocycles. The zero-order valence-corrected chi connectivity index (χ0v) is 19.5. The third-order valence-corrected chi connectivity index (χ3v) is 9.46. The molecule has 1 N–H and O–H groups in total. The first-order valence-corrected chi connectivity index (χ1v) is 12.6. The maximum atomic E-state index is 13.2. The fourth-order valence-electron chi connectivity index (χ4n) is 8.11. The summed E-state index contributed by atoms with van der Waals surface area (Å²) in [5, 5.41) is 9.09. The summed E-state index contributed by atoms with van der Waals surface area (Å²) in [6, 6.07) is 2.14. The second-order valence-corrected chi connectivity index (χ2v) is 10.6. The fourth-order valence-corrected chi connectivity index (χ4v) is 8.11. The second-order valence-electron chi connectivity index (χ2n) is 10.6. The maximum absolute atomic E-state index is 13.2. The Hall–Kier alpha value is -1.37. The Morgan fingerprint density at radius 2 is 2.12 bits per heavy atom. The van der Waals surface area contributed by atoms with Gasteiger partial charge in [-0.1, -0.05) is 13.3 Å². The van der Waals surface area contributed by atoms with E-state index in [4.69, 9.17) is 23.7 Å². The molecule has 6 heteroatoms. The van der Waals surface area contributed by atoms with Crippen LogP contribution in [0.15, 0.2) is 16.7 Å². The lowest BCUT2D eigenvalue weighted by Crippen LogP contribution is -2.68. The van der Waals surface area contributed by atoms with E-state index < -0.39 is 5.41 Å². The number of unbranched alkanes of at least 4 members (excludes halogenated alkanes) is 2. The lowest BCUT2D eigenvalue weighted by Gasteiger charge is -2.66. The fraction of sp³-hybridized carbons (Fsp3) is 0.808. The van der Waals surface area contributed by atoms with Gasteiger partial charge in [-0.25, -0.2) is 0 Å². The van der Waals surface area contributed by atoms with Crippen molar-refractivity contribution in [2.75, 3.05) is 26.9 Å². The average molecular weight is 447 g/mol. The Morgan fingerprint density at radius 3 is 2.94 bits per heavy atom. The first-order valence-electron chi connectivity index (χ1n) is 12.6. The molecule has 1 aromatic rings. The zero-order chi connectivity index (χ0) is 22.3. The van der Waals surface area contributed by atoms with E-state index in [-0.39, 0.29) is 30.2 Å². The number of carbonyl (C=O) groups excluding carboxylic acids is 1. The van der Waals surface area contributed by atoms with Crippen molar-refractivity contribution in [2.24, 2.45) is 28.6 Å². The molecule has 3 aliphatic carbocycles. The summed E-state index contributed by atoms with van der Waals surface area (Å²) >= 11 is 0. The van der Waals surface area contributed by atoms with Gasteiger partial charge in [-0.2, -0.15) is 0 Å². The van der Waals surface area contributed by atoms with Crippen molar-refractivity contribution in [3.8, 4) is 0 Å². The van der Waals surface area contributed by atoms with Crippen LogP contribution in [0.1, 0.15) is 75.5 Å². The number of hydrogen-bond acceptors (Lipinski definition) is 6. The van der Waals surface area contributed by atoms with Crippen LogP contribution in [0.3, 0.4) is 0 Å². The minimum atomic E-state index is -0.554. The Kier molecular flexibility index (Phi) is 6.14. The number of carbonyl (C=O) groups is 1. The highest BCUT2D eigenvalue weighted by Gasteiger charge is 2.70. The Balaban J connectivity index is 1.51. The number of fused-ring (bicyclic) bond motifs is 2. The van der Waals surface area contributed by atoms with Crippen LogP contribution in [-0.4, -0.2) is 44.3 Å². The van der Waals surface area contributed by atoms with Gasteiger partial charge in [0, 0.05) is 25.0 Å². The molecule has 1 aromatic heterocycles. The van der Waals surface area contributed by atoms with E-state index >= 15 is 0 Å². The van der Waals surface area contributed by atoms with E-state index in [0.717, 1.165) is 63.5 Å². The van der Waals surface area contributed by atoms with Crippen molar-refractivity contribution in [3.05, 3.63) is 23.7 Å². The summed E-state index contributed by atoms with van der Waals surface area (Å²) in [5.74, 6) is 2.59. The molecular formula is C26H38O6. The van der Waals surface area contributed by atoms with Crippen molar-refractivity contribution < 1.29 is 28.5 Å². The van der Waals surface area contributed by atoms with E-state index in [0.29, 0.717) is 31.0 Å². The van der Waals surface area contributed by atoms with E-state index in [1.54, 1.807) is 0 Å². The van der Waals surface area contributed by atoms with Crippen LogP contribution in [0, 0.1) is 28.6 Å². The lowest BCUT2D eigenvalue weighted by atomic mass is 9.41. The molecule has 2 bridgehead atoms. The van der Waals surface area contributed by atoms with Crippen molar-refractivity contribution in [2.45, 2.75) is 76.9 Å². The van der Waals surface area contributed by atoms with E-state index in [2.05, 4.69) is 13.0 Å². The average Bonchev–Trinajstić information content (AvgIpc) is 3.28. The molecule has 5 rings (SSSR count). The molecule has 0 spiro atoms. The topological polar surface area (TPSA) is 78.1 Å². The standard InChI is InChI=1S/C26H38O6/c1-17-18-7-8-22-25(23(28)29-2)10-6-11-26(22,20(18)15-21-19(17)9-14-30-21)24(32-16-25)31-13-5-3-4-12-27/h9,14,17-18,20,22,24,27H,3-8,10-13,15-16H2,1-2H3/t17-,18+,20+,22+,24-,25+,26?/m1/s1. The Labute approximate surface area is 191 Å². The molecule has 178 valence electrons. The van der Waals surface area contributed by atoms with Gasteiger partial charge < -0.3 is 23.7 Å². The molecule has 3 fully saturated rings. The zero-order valence-electron chi connectivity index (χ0n) is 19.5. The number of hydrogen-bond donors (Lipinski definition) is 1. The molecule has 4 aliphatic rings. The van der Waals surface area contributed by atoms with Crippen LogP contribution in [0.4, 0.5) is 0 Å². The van der Waals surface area contributed by atoms with Crippen LogP contribution < -0.4 is 0 Å². The summed E-state index contributed by atoms with van der Waals surface area (Å²) in [5.41, 5.74) is 0.611. The molecule has 2 saturated carbocycles. The summed E-state index contributed by atoms with van der Waals surface area (Å²) in [4.78, 5) is 13.2. The van der Waals surface area contributed by atoms with Crippen LogP contribution in [-0.2, 0) is 25.4 Å². The number of aliphatic hydroxyl groups excluding tert-OH is 1. The SMILES string of the molecule is COC(=O)[C@@]12CCCC3([C@H](OCCCCCO)OC1)[C@H]2CC[C@H]1[C@@H](C)c2ccoc2C[C@@H]13. The van der Waals surface area contributed by atoms with Crippen molar-refractivity contribution in [3.63, 3.8) is 0 Å². The summed E-state index contributed by atoms with van der Waals surface area (Å²) in [7, 11) is 1.51. The maximum Gasteiger partial charge on any atom is 0.314 e. The molecule has 1 unspecified atom stereocenters. The highest BCUT2D eigenvalue weighted by atomic mass is 16.7. The summed E-state index contributed by atoms with van der Waals surface area (Å²) in [6.45, 7) is 3.59. The van der Waals surface area contributed by atoms with Gasteiger partial charge in [0.2, 0.25) is 0 Å². The van der Waals surface area contributed by atoms with Crippen LogP contribution in [0.2, 0.25) is 0 Å². The normalized spacial score (nSPS) is 40.2. The largest absolute Gasteiger partial charge is 0.469 e. The summed E-state index contributed by atoms with van der Waals surface area (Å²) < 4.78 is 24.3. The van der Waals surface area contributed by atoms with Gasteiger partial charge in [-0.15, -0.1) is 0 Å². The number of esters is 1. The molecule has 6 nitrogen and oxygen atoms in total. The first kappa shape index (κ1) is 22.4. The number of methoxy groups -OCH3 is 1. The molecule has 7 atom stereocenters. The van der Waals surface area contributed by atoms with Crippen LogP contribution in [0.5, 0.6) is 0 Å². The first-order chi connectivity index (χ1) is 15.6. The highest BCUT2D eigenvalue weighted by molar-refractivity contribution is 5.78. The minimum absolute atomic E-state index is 0.103. The monoisotopic (exact) mass is 446 g/mol. The van der Waals surface area contributed by atoms with E-state index in [1.807, 2.05) is 6.26 Å². The molecule has 0 aromatic carbocycles. The molecule has 0 amide bonds. The predicted octanol–water partition coefficient (Wildman–Crippen LogP) is 4.45. The number of furan rings is 1. The van der Waals surface area contributed by atoms with Crippen molar-refractivity contribution >= 4 is 5.97 Å². The third-order valence-electron chi connectivity index (χ3n) is 9.46. The third kappa shape index (κ3) is 3.20. The molecular weight excluding hydrogens is 408 g/mol. The van der Waals surface area contributed by atoms with Gasteiger partial charge in [0.15, 0.2) is 6.29 Å². The van der Waals surface area contributed by atoms with Gasteiger partial charge in [-0.3, -0.25) is 4.79 Å². The number of rotatable bonds is 7.